The molecule has 0 atom stereocenters. The predicted molar refractivity (Wildman–Crippen MR) is 207 cm³/mol. The van der Waals surface area contributed by atoms with Crippen molar-refractivity contribution in [3.8, 4) is 0 Å². The van der Waals surface area contributed by atoms with Gasteiger partial charge in [-0.15, -0.1) is 0 Å². The van der Waals surface area contributed by atoms with Crippen LogP contribution in [0.2, 0.25) is 0 Å². The summed E-state index contributed by atoms with van der Waals surface area (Å²) in [6.45, 7) is 14.2. The number of aromatic amines is 2. The minimum absolute atomic E-state index is 0.0170. The van der Waals surface area contributed by atoms with Crippen LogP contribution >= 0.6 is 0 Å². The van der Waals surface area contributed by atoms with Crippen molar-refractivity contribution in [1.29, 1.82) is 0 Å². The molecule has 2 aromatic rings. The first-order valence-corrected chi connectivity index (χ1v) is 20.5. The molecule has 4 heterocycles. The lowest BCUT2D eigenvalue weighted by Gasteiger charge is -2.09. The van der Waals surface area contributed by atoms with Gasteiger partial charge in [0.1, 0.15) is 0 Å². The van der Waals surface area contributed by atoms with Gasteiger partial charge in [-0.2, -0.15) is 16.8 Å². The maximum absolute atomic E-state index is 12.8. The molecule has 0 bridgehead atoms. The average Bonchev–Trinajstić information content (AvgIpc) is 3.73. The Kier molecular flexibility index (Phi) is 13.5. The molecule has 0 saturated heterocycles. The van der Waals surface area contributed by atoms with Gasteiger partial charge in [-0.3, -0.25) is 28.3 Å². The SMILES string of the molecule is C=CC1=C(C)/C(=C/c2[nH]c(Cc3[nH]c(/C=C4/NC(=O)C(C)=C4C=C)c(C)c3CCC(=O)NCCS(=O)(=O)O)c(CCC(=O)NCCS(=O)(=O)O)c2C)NC1=O. The fraction of sp³-hybridized carbons (Fsp3) is 0.351. The molecule has 296 valence electrons. The summed E-state index contributed by atoms with van der Waals surface area (Å²) in [5.74, 6) is -2.67. The molecule has 4 amide bonds. The summed E-state index contributed by atoms with van der Waals surface area (Å²) in [5.41, 5.74) is 9.25. The van der Waals surface area contributed by atoms with Crippen molar-refractivity contribution < 1.29 is 45.1 Å². The van der Waals surface area contributed by atoms with Gasteiger partial charge in [-0.1, -0.05) is 25.3 Å². The maximum atomic E-state index is 12.8. The Morgan fingerprint density at radius 1 is 0.673 bits per heavy atom. The molecule has 0 spiro atoms. The van der Waals surface area contributed by atoms with Gasteiger partial charge in [-0.05, 0) is 80.5 Å². The van der Waals surface area contributed by atoms with E-state index in [4.69, 9.17) is 9.11 Å². The van der Waals surface area contributed by atoms with Crippen LogP contribution in [0.15, 0.2) is 59.0 Å². The standard InChI is InChI=1S/C37H46N6O10S2/c1-7-24-23(6)36(46)43-31(24)18-29-22(5)27(10-12-35(45)39-14-16-55(51,52)53)33(41-29)19-32-26(9-11-34(44)38-13-15-54(48,49)50)21(4)28(40-32)17-30-20(3)25(8-2)37(47)42-30/h7-8,17-18,40-41H,1-2,9-16,19H2,3-6H3,(H,38,44)(H,39,45)(H,42,47)(H,43,46)(H,48,49,50)(H,51,52,53)/b30-17-,31-18+. The zero-order valence-corrected chi connectivity index (χ0v) is 32.7. The Bertz CT molecular complexity index is 2300. The largest absolute Gasteiger partial charge is 0.358 e. The van der Waals surface area contributed by atoms with Gasteiger partial charge in [0.2, 0.25) is 11.8 Å². The van der Waals surface area contributed by atoms with Crippen molar-refractivity contribution in [2.24, 2.45) is 0 Å². The van der Waals surface area contributed by atoms with E-state index in [-0.39, 0.29) is 57.0 Å². The molecule has 0 unspecified atom stereocenters. The topological polar surface area (TPSA) is 257 Å². The molecule has 0 aromatic carbocycles. The van der Waals surface area contributed by atoms with E-state index in [9.17, 15) is 36.0 Å². The van der Waals surface area contributed by atoms with Crippen LogP contribution in [0, 0.1) is 13.8 Å². The van der Waals surface area contributed by atoms with Crippen LogP contribution in [-0.4, -0.2) is 84.1 Å². The van der Waals surface area contributed by atoms with Crippen molar-refractivity contribution in [2.45, 2.75) is 59.8 Å². The second-order valence-electron chi connectivity index (χ2n) is 13.2. The van der Waals surface area contributed by atoms with Gasteiger partial charge in [0.25, 0.3) is 32.1 Å². The third kappa shape index (κ3) is 10.9. The molecule has 4 rings (SSSR count). The van der Waals surface area contributed by atoms with Crippen LogP contribution < -0.4 is 21.3 Å². The van der Waals surface area contributed by atoms with Crippen LogP contribution in [0.1, 0.15) is 71.7 Å². The first-order chi connectivity index (χ1) is 25.7. The summed E-state index contributed by atoms with van der Waals surface area (Å²) < 4.78 is 62.6. The molecule has 0 fully saturated rings. The van der Waals surface area contributed by atoms with E-state index < -0.39 is 43.6 Å². The molecule has 16 nitrogen and oxygen atoms in total. The van der Waals surface area contributed by atoms with Crippen molar-refractivity contribution in [3.63, 3.8) is 0 Å². The Hall–Kier alpha value is -5.30. The number of aromatic nitrogens is 2. The van der Waals surface area contributed by atoms with Crippen molar-refractivity contribution >= 4 is 56.0 Å². The number of carbonyl (C=O) groups is 4. The summed E-state index contributed by atoms with van der Waals surface area (Å²) in [4.78, 5) is 57.4. The van der Waals surface area contributed by atoms with E-state index in [2.05, 4.69) is 44.4 Å². The van der Waals surface area contributed by atoms with E-state index in [1.807, 2.05) is 13.8 Å². The number of H-pyrrole nitrogens is 2. The minimum Gasteiger partial charge on any atom is -0.358 e. The molecule has 2 aliphatic rings. The molecule has 0 radical (unpaired) electrons. The summed E-state index contributed by atoms with van der Waals surface area (Å²) >= 11 is 0. The number of nitrogens with one attached hydrogen (secondary N) is 6. The number of rotatable bonds is 18. The molecular formula is C37H46N6O10S2. The summed E-state index contributed by atoms with van der Waals surface area (Å²) in [6, 6.07) is 0. The fourth-order valence-electron chi connectivity index (χ4n) is 6.44. The quantitative estimate of drug-likeness (QED) is 0.102. The van der Waals surface area contributed by atoms with Gasteiger partial charge in [-0.25, -0.2) is 0 Å². The van der Waals surface area contributed by atoms with Crippen LogP contribution in [0.3, 0.4) is 0 Å². The highest BCUT2D eigenvalue weighted by atomic mass is 32.2. The van der Waals surface area contributed by atoms with Crippen LogP contribution in [0.5, 0.6) is 0 Å². The normalized spacial score (nSPS) is 16.3. The highest BCUT2D eigenvalue weighted by molar-refractivity contribution is 7.86. The molecular weight excluding hydrogens is 753 g/mol. The lowest BCUT2D eigenvalue weighted by molar-refractivity contribution is -0.121. The van der Waals surface area contributed by atoms with Crippen molar-refractivity contribution in [2.75, 3.05) is 24.6 Å². The first-order valence-electron chi connectivity index (χ1n) is 17.3. The summed E-state index contributed by atoms with van der Waals surface area (Å²) in [5, 5.41) is 10.7. The number of hydrogen-bond acceptors (Lipinski definition) is 8. The smallest absolute Gasteiger partial charge is 0.266 e. The number of hydrogen-bond donors (Lipinski definition) is 8. The van der Waals surface area contributed by atoms with Crippen LogP contribution in [0.4, 0.5) is 0 Å². The van der Waals surface area contributed by atoms with Gasteiger partial charge in [0.15, 0.2) is 0 Å². The molecule has 55 heavy (non-hydrogen) atoms. The van der Waals surface area contributed by atoms with Crippen LogP contribution in [0.25, 0.3) is 12.2 Å². The number of carbonyl (C=O) groups excluding carboxylic acids is 4. The van der Waals surface area contributed by atoms with Crippen molar-refractivity contribution in [1.82, 2.24) is 31.2 Å². The average molecular weight is 799 g/mol. The van der Waals surface area contributed by atoms with E-state index in [1.54, 1.807) is 32.1 Å². The van der Waals surface area contributed by atoms with E-state index in [0.717, 1.165) is 22.3 Å². The fourth-order valence-corrected chi connectivity index (χ4v) is 7.16. The van der Waals surface area contributed by atoms with Gasteiger partial charge in [0.05, 0.1) is 17.2 Å². The third-order valence-electron chi connectivity index (χ3n) is 9.50. The number of amides is 4. The van der Waals surface area contributed by atoms with E-state index >= 15 is 0 Å². The molecule has 0 saturated carbocycles. The van der Waals surface area contributed by atoms with Gasteiger partial charge < -0.3 is 31.2 Å². The monoisotopic (exact) mass is 798 g/mol. The zero-order valence-electron chi connectivity index (χ0n) is 31.1. The summed E-state index contributed by atoms with van der Waals surface area (Å²) in [6.07, 6.45) is 7.32. The molecule has 2 aromatic heterocycles. The van der Waals surface area contributed by atoms with E-state index in [1.165, 1.54) is 6.08 Å². The Labute approximate surface area is 319 Å². The van der Waals surface area contributed by atoms with Crippen molar-refractivity contribution in [3.05, 3.63) is 104 Å². The predicted octanol–water partition coefficient (Wildman–Crippen LogP) is 2.37. The van der Waals surface area contributed by atoms with E-state index in [0.29, 0.717) is 56.5 Å². The molecule has 8 N–H and O–H groups in total. The third-order valence-corrected chi connectivity index (χ3v) is 10.9. The second kappa shape index (κ2) is 17.4. The highest BCUT2D eigenvalue weighted by Crippen LogP contribution is 2.31. The first kappa shape index (κ1) is 42.4. The Balaban J connectivity index is 1.75. The molecule has 0 aliphatic carbocycles. The number of allylic oxidation sites excluding steroid dienone is 2. The summed E-state index contributed by atoms with van der Waals surface area (Å²) in [7, 11) is -8.53. The van der Waals surface area contributed by atoms with Gasteiger partial charge >= 0.3 is 0 Å². The van der Waals surface area contributed by atoms with Crippen LogP contribution in [-0.2, 0) is 58.7 Å². The molecule has 18 heteroatoms. The Morgan fingerprint density at radius 2 is 1.11 bits per heavy atom. The van der Waals surface area contributed by atoms with Gasteiger partial charge in [0, 0.05) is 77.5 Å². The zero-order chi connectivity index (χ0) is 40.8. The lowest BCUT2D eigenvalue weighted by atomic mass is 9.98. The Morgan fingerprint density at radius 3 is 1.53 bits per heavy atom. The molecule has 2 aliphatic heterocycles. The maximum Gasteiger partial charge on any atom is 0.266 e. The second-order valence-corrected chi connectivity index (χ2v) is 16.3. The lowest BCUT2D eigenvalue weighted by Crippen LogP contribution is -2.29. The highest BCUT2D eigenvalue weighted by Gasteiger charge is 2.26. The minimum atomic E-state index is -4.26.